The van der Waals surface area contributed by atoms with E-state index in [1.165, 1.54) is 37.9 Å². The highest BCUT2D eigenvalue weighted by molar-refractivity contribution is 7.52. The van der Waals surface area contributed by atoms with Crippen LogP contribution < -0.4 is 20.1 Å². The zero-order valence-corrected chi connectivity index (χ0v) is 27.7. The topological polar surface area (TPSA) is 182 Å². The van der Waals surface area contributed by atoms with Gasteiger partial charge >= 0.3 is 13.7 Å². The third-order valence-electron chi connectivity index (χ3n) is 8.01. The minimum atomic E-state index is -4.60. The van der Waals surface area contributed by atoms with Crippen molar-refractivity contribution in [1.29, 1.82) is 0 Å². The van der Waals surface area contributed by atoms with E-state index in [1.807, 2.05) is 0 Å². The van der Waals surface area contributed by atoms with Crippen molar-refractivity contribution in [3.8, 4) is 11.6 Å². The molecule has 1 saturated heterocycles. The Morgan fingerprint density at radius 1 is 1.18 bits per heavy atom. The summed E-state index contributed by atoms with van der Waals surface area (Å²) in [5.74, 6) is -2.71. The van der Waals surface area contributed by atoms with Crippen LogP contribution in [0.25, 0.3) is 21.9 Å². The number of hydrogen-bond donors (Lipinski definition) is 3. The number of carbonyl (C=O) groups excluding carboxylic acids is 1. The summed E-state index contributed by atoms with van der Waals surface area (Å²) in [5, 5.41) is 15.1. The minimum Gasteiger partial charge on any atom is -0.479 e. The highest BCUT2D eigenvalue weighted by Gasteiger charge is 2.55. The average Bonchev–Trinajstić information content (AvgIpc) is 3.59. The summed E-state index contributed by atoms with van der Waals surface area (Å²) in [6.07, 6.45) is -3.80. The van der Waals surface area contributed by atoms with Crippen LogP contribution in [0.1, 0.15) is 25.6 Å². The average molecular weight is 717 g/mol. The second-order valence-corrected chi connectivity index (χ2v) is 13.3. The van der Waals surface area contributed by atoms with E-state index in [4.69, 9.17) is 29.0 Å². The third kappa shape index (κ3) is 6.95. The van der Waals surface area contributed by atoms with Crippen molar-refractivity contribution in [2.75, 3.05) is 19.5 Å². The Balaban J connectivity index is 1.23. The summed E-state index contributed by atoms with van der Waals surface area (Å²) in [4.78, 5) is 25.2. The predicted octanol–water partition coefficient (Wildman–Crippen LogP) is 4.76. The lowest BCUT2D eigenvalue weighted by Gasteiger charge is -2.26. The predicted molar refractivity (Wildman–Crippen MR) is 173 cm³/mol. The van der Waals surface area contributed by atoms with Crippen molar-refractivity contribution in [1.82, 2.24) is 24.6 Å². The largest absolute Gasteiger partial charge is 0.479 e. The van der Waals surface area contributed by atoms with E-state index in [1.54, 1.807) is 36.4 Å². The van der Waals surface area contributed by atoms with Gasteiger partial charge in [0.15, 0.2) is 23.6 Å². The number of aliphatic hydroxyl groups is 1. The number of anilines is 1. The van der Waals surface area contributed by atoms with Crippen molar-refractivity contribution in [3.05, 3.63) is 84.2 Å². The van der Waals surface area contributed by atoms with Crippen LogP contribution in [-0.4, -0.2) is 68.2 Å². The van der Waals surface area contributed by atoms with Crippen LogP contribution in [0.2, 0.25) is 0 Å². The monoisotopic (exact) mass is 716 g/mol. The number of ether oxygens (including phenoxy) is 3. The van der Waals surface area contributed by atoms with Crippen molar-refractivity contribution in [2.24, 2.45) is 0 Å². The summed E-state index contributed by atoms with van der Waals surface area (Å²) in [5.41, 5.74) is 3.80. The molecule has 0 amide bonds. The number of halogens is 3. The Morgan fingerprint density at radius 3 is 2.70 bits per heavy atom. The van der Waals surface area contributed by atoms with Gasteiger partial charge in [0.25, 0.3) is 0 Å². The summed E-state index contributed by atoms with van der Waals surface area (Å²) in [6, 6.07) is 13.4. The van der Waals surface area contributed by atoms with Gasteiger partial charge in [0.05, 0.1) is 20.0 Å². The first-order valence-electron chi connectivity index (χ1n) is 15.2. The number of hydrogen-bond acceptors (Lipinski definition) is 12. The van der Waals surface area contributed by atoms with Crippen molar-refractivity contribution >= 4 is 41.6 Å². The van der Waals surface area contributed by atoms with Gasteiger partial charge in [-0.1, -0.05) is 36.4 Å². The normalized spacial score (nSPS) is 22.3. The molecule has 50 heavy (non-hydrogen) atoms. The molecule has 14 nitrogen and oxygen atoms in total. The fourth-order valence-corrected chi connectivity index (χ4v) is 6.97. The van der Waals surface area contributed by atoms with E-state index in [0.29, 0.717) is 11.5 Å². The van der Waals surface area contributed by atoms with E-state index in [2.05, 4.69) is 20.0 Å². The number of nitrogen functional groups attached to an aromatic ring is 1. The molecule has 3 aromatic carbocycles. The standard InChI is InChI=1S/C32H32F3N6O8P/c1-17(29(42)46-14-19-11-12-20(33)13-22(19)34)40-50(44,49-23-10-6-8-18-7-4-5-9-21(18)23)47-15-24-26(35)32(2,43)30(48-24)41-16-37-25-27(41)38-31(36)39-28(25)45-3/h4-13,16-17,24,26,30,43H,14-15H2,1-3H3,(H,40,44)(H2,36,38,39)/t17-,24?,26+,30?,32+,50?/m0/s1. The zero-order chi connectivity index (χ0) is 35.8. The summed E-state index contributed by atoms with van der Waals surface area (Å²) in [6.45, 7) is 1.21. The van der Waals surface area contributed by atoms with E-state index < -0.39 is 68.7 Å². The number of methoxy groups -OCH3 is 1. The van der Waals surface area contributed by atoms with Crippen LogP contribution in [0.15, 0.2) is 67.0 Å². The maximum atomic E-state index is 15.9. The van der Waals surface area contributed by atoms with Crippen LogP contribution in [0.3, 0.4) is 0 Å². The van der Waals surface area contributed by atoms with Crippen LogP contribution in [-0.2, 0) is 30.0 Å². The summed E-state index contributed by atoms with van der Waals surface area (Å²) >= 11 is 0. The van der Waals surface area contributed by atoms with E-state index in [0.717, 1.165) is 17.5 Å². The Labute approximate surface area is 282 Å². The van der Waals surface area contributed by atoms with Gasteiger partial charge in [-0.2, -0.15) is 15.1 Å². The number of carbonyl (C=O) groups is 1. The molecule has 6 atom stereocenters. The van der Waals surface area contributed by atoms with Crippen LogP contribution in [0.5, 0.6) is 11.6 Å². The molecular weight excluding hydrogens is 684 g/mol. The third-order valence-corrected chi connectivity index (χ3v) is 9.64. The molecule has 0 radical (unpaired) electrons. The molecule has 2 aromatic heterocycles. The zero-order valence-electron chi connectivity index (χ0n) is 26.8. The van der Waals surface area contributed by atoms with E-state index >= 15 is 4.39 Å². The second-order valence-electron chi connectivity index (χ2n) is 11.6. The molecule has 18 heteroatoms. The molecule has 1 fully saturated rings. The molecule has 3 unspecified atom stereocenters. The molecule has 6 rings (SSSR count). The first-order valence-corrected chi connectivity index (χ1v) is 16.7. The van der Waals surface area contributed by atoms with Gasteiger partial charge in [0.2, 0.25) is 11.8 Å². The summed E-state index contributed by atoms with van der Waals surface area (Å²) in [7, 11) is -3.25. The number of aromatic nitrogens is 4. The lowest BCUT2D eigenvalue weighted by atomic mass is 9.98. The molecule has 4 N–H and O–H groups in total. The van der Waals surface area contributed by atoms with Gasteiger partial charge in [0, 0.05) is 17.0 Å². The summed E-state index contributed by atoms with van der Waals surface area (Å²) < 4.78 is 86.8. The Bertz CT molecular complexity index is 2100. The van der Waals surface area contributed by atoms with Gasteiger partial charge in [-0.25, -0.2) is 22.7 Å². The van der Waals surface area contributed by atoms with Crippen molar-refractivity contribution < 1.29 is 50.9 Å². The highest BCUT2D eigenvalue weighted by Crippen LogP contribution is 2.49. The number of benzene rings is 3. The maximum Gasteiger partial charge on any atom is 0.459 e. The van der Waals surface area contributed by atoms with Crippen LogP contribution in [0.4, 0.5) is 19.1 Å². The molecule has 0 aliphatic carbocycles. The number of nitrogens with one attached hydrogen (secondary N) is 1. The second kappa shape index (κ2) is 13.8. The minimum absolute atomic E-state index is 0.0496. The number of fused-ring (bicyclic) bond motifs is 2. The molecule has 0 spiro atoms. The highest BCUT2D eigenvalue weighted by atomic mass is 31.2. The van der Waals surface area contributed by atoms with E-state index in [-0.39, 0.29) is 34.3 Å². The van der Waals surface area contributed by atoms with Gasteiger partial charge in [-0.3, -0.25) is 13.9 Å². The molecular formula is C32H32F3N6O8P. The molecule has 1 aliphatic heterocycles. The number of alkyl halides is 1. The van der Waals surface area contributed by atoms with Crippen molar-refractivity contribution in [2.45, 2.75) is 50.6 Å². The Morgan fingerprint density at radius 2 is 1.94 bits per heavy atom. The first-order chi connectivity index (χ1) is 23.8. The number of rotatable bonds is 12. The number of nitrogens with zero attached hydrogens (tertiary/aromatic N) is 4. The number of nitrogens with two attached hydrogens (primary N) is 1. The molecule has 0 bridgehead atoms. The van der Waals surface area contributed by atoms with Gasteiger partial charge in [-0.15, -0.1) is 0 Å². The number of imidazole rings is 1. The van der Waals surface area contributed by atoms with Crippen LogP contribution >= 0.6 is 7.75 Å². The fraction of sp³-hybridized carbons (Fsp3) is 0.312. The van der Waals surface area contributed by atoms with Gasteiger partial charge in [-0.05, 0) is 37.4 Å². The molecule has 5 aromatic rings. The molecule has 3 heterocycles. The maximum absolute atomic E-state index is 15.9. The van der Waals surface area contributed by atoms with Gasteiger partial charge in [0.1, 0.15) is 41.7 Å². The first kappa shape index (κ1) is 35.0. The fourth-order valence-electron chi connectivity index (χ4n) is 5.45. The quantitative estimate of drug-likeness (QED) is 0.119. The smallest absolute Gasteiger partial charge is 0.459 e. The Hall–Kier alpha value is -4.80. The SMILES string of the molecule is COc1nc(N)nc2c1ncn2C1OC(COP(=O)(N[C@@H](C)C(=O)OCc2ccc(F)cc2F)Oc2cccc3ccccc23)[C@@H](F)[C@@]1(C)O. The molecule has 264 valence electrons. The lowest BCUT2D eigenvalue weighted by molar-refractivity contribution is -0.146. The molecule has 0 saturated carbocycles. The Kier molecular flexibility index (Phi) is 9.70. The molecule has 1 aliphatic rings. The van der Waals surface area contributed by atoms with Gasteiger partial charge < -0.3 is 29.6 Å². The number of esters is 1. The lowest BCUT2D eigenvalue weighted by Crippen LogP contribution is -2.42. The van der Waals surface area contributed by atoms with E-state index in [9.17, 15) is 23.2 Å². The van der Waals surface area contributed by atoms with Crippen LogP contribution in [0, 0.1) is 11.6 Å². The van der Waals surface area contributed by atoms with Crippen molar-refractivity contribution in [3.63, 3.8) is 0 Å².